The fourth-order valence-electron chi connectivity index (χ4n) is 1.09. The molecular formula is C9H7BrN2O2. The molecule has 0 saturated carbocycles. The summed E-state index contributed by atoms with van der Waals surface area (Å²) in [5.74, 6) is -0.138. The normalized spacial score (nSPS) is 10.4. The van der Waals surface area contributed by atoms with Gasteiger partial charge in [0.05, 0.1) is 5.56 Å². The molecule has 2 rings (SSSR count). The van der Waals surface area contributed by atoms with E-state index in [2.05, 4.69) is 21.0 Å². The van der Waals surface area contributed by atoms with Crippen LogP contribution in [0.2, 0.25) is 0 Å². The van der Waals surface area contributed by atoms with E-state index >= 15 is 0 Å². The Labute approximate surface area is 88.3 Å². The third kappa shape index (κ3) is 1.50. The van der Waals surface area contributed by atoms with E-state index in [1.54, 1.807) is 7.05 Å². The van der Waals surface area contributed by atoms with Gasteiger partial charge in [-0.2, -0.15) is 4.68 Å². The van der Waals surface area contributed by atoms with Crippen molar-refractivity contribution >= 4 is 15.9 Å². The Hall–Kier alpha value is -1.36. The molecule has 0 bridgehead atoms. The fraction of sp³-hybridized carbons (Fsp3) is 0.111. The van der Waals surface area contributed by atoms with Crippen molar-refractivity contribution in [1.82, 2.24) is 9.78 Å². The summed E-state index contributed by atoms with van der Waals surface area (Å²) < 4.78 is 6.96. The average molecular weight is 255 g/mol. The minimum atomic E-state index is -0.462. The Balaban J connectivity index is 2.60. The second-order valence-electron chi connectivity index (χ2n) is 2.78. The van der Waals surface area contributed by atoms with Gasteiger partial charge < -0.3 is 4.42 Å². The van der Waals surface area contributed by atoms with Crippen LogP contribution >= 0.6 is 15.9 Å². The molecule has 0 radical (unpaired) electrons. The lowest BCUT2D eigenvalue weighted by molar-refractivity contribution is 0.505. The maximum absolute atomic E-state index is 11.0. The number of nitrogens with zero attached hydrogens (tertiary/aromatic N) is 2. The summed E-state index contributed by atoms with van der Waals surface area (Å²) in [6.45, 7) is 0. The fourth-order valence-corrected chi connectivity index (χ4v) is 1.54. The van der Waals surface area contributed by atoms with Crippen molar-refractivity contribution in [1.29, 1.82) is 0 Å². The van der Waals surface area contributed by atoms with Gasteiger partial charge in [-0.25, -0.2) is 4.79 Å². The Morgan fingerprint density at radius 3 is 2.71 bits per heavy atom. The summed E-state index contributed by atoms with van der Waals surface area (Å²) in [6, 6.07) is 7.43. The zero-order chi connectivity index (χ0) is 10.1. The van der Waals surface area contributed by atoms with Gasteiger partial charge in [0.15, 0.2) is 0 Å². The minimum Gasteiger partial charge on any atom is -0.388 e. The van der Waals surface area contributed by atoms with Crippen LogP contribution in [0.15, 0.2) is 37.9 Å². The van der Waals surface area contributed by atoms with Crippen LogP contribution in [0, 0.1) is 0 Å². The lowest BCUT2D eigenvalue weighted by atomic mass is 10.2. The first-order valence-corrected chi connectivity index (χ1v) is 4.77. The number of hydrogen-bond donors (Lipinski definition) is 0. The Morgan fingerprint density at radius 2 is 2.14 bits per heavy atom. The third-order valence-electron chi connectivity index (χ3n) is 1.79. The zero-order valence-electron chi connectivity index (χ0n) is 7.40. The molecule has 2 aromatic rings. The summed E-state index contributed by atoms with van der Waals surface area (Å²) in [5.41, 5.74) is 0.769. The first-order chi connectivity index (χ1) is 6.68. The van der Waals surface area contributed by atoms with Gasteiger partial charge in [-0.3, -0.25) is 0 Å². The van der Waals surface area contributed by atoms with E-state index in [9.17, 15) is 4.79 Å². The summed E-state index contributed by atoms with van der Waals surface area (Å²) in [5, 5.41) is 3.95. The Bertz CT molecular complexity index is 516. The zero-order valence-corrected chi connectivity index (χ0v) is 8.98. The maximum Gasteiger partial charge on any atom is 0.437 e. The highest BCUT2D eigenvalue weighted by Crippen LogP contribution is 2.24. The molecule has 0 saturated heterocycles. The predicted molar refractivity (Wildman–Crippen MR) is 54.9 cm³/mol. The van der Waals surface area contributed by atoms with Gasteiger partial charge in [-0.15, -0.1) is 5.10 Å². The van der Waals surface area contributed by atoms with E-state index in [-0.39, 0.29) is 0 Å². The van der Waals surface area contributed by atoms with Crippen molar-refractivity contribution in [3.63, 3.8) is 0 Å². The number of aryl methyl sites for hydroxylation is 1. The van der Waals surface area contributed by atoms with Gasteiger partial charge in [-0.1, -0.05) is 12.1 Å². The van der Waals surface area contributed by atoms with Gasteiger partial charge >= 0.3 is 5.76 Å². The van der Waals surface area contributed by atoms with E-state index in [4.69, 9.17) is 4.42 Å². The van der Waals surface area contributed by atoms with E-state index in [0.29, 0.717) is 5.89 Å². The molecule has 0 atom stereocenters. The van der Waals surface area contributed by atoms with Crippen molar-refractivity contribution < 1.29 is 4.42 Å². The largest absolute Gasteiger partial charge is 0.437 e. The van der Waals surface area contributed by atoms with E-state index in [1.165, 1.54) is 0 Å². The van der Waals surface area contributed by atoms with Gasteiger partial charge in [-0.05, 0) is 28.1 Å². The van der Waals surface area contributed by atoms with Gasteiger partial charge in [0, 0.05) is 11.5 Å². The molecule has 0 amide bonds. The van der Waals surface area contributed by atoms with Crippen molar-refractivity contribution in [3.8, 4) is 11.5 Å². The second kappa shape index (κ2) is 3.42. The van der Waals surface area contributed by atoms with Gasteiger partial charge in [0.1, 0.15) is 0 Å². The van der Waals surface area contributed by atoms with Crippen LogP contribution in [0.25, 0.3) is 11.5 Å². The molecule has 0 aliphatic carbocycles. The van der Waals surface area contributed by atoms with Gasteiger partial charge in [0.25, 0.3) is 5.89 Å². The number of benzene rings is 1. The van der Waals surface area contributed by atoms with E-state index < -0.39 is 5.76 Å². The van der Waals surface area contributed by atoms with Crippen molar-refractivity contribution in [2.24, 2.45) is 7.05 Å². The van der Waals surface area contributed by atoms with Gasteiger partial charge in [0.2, 0.25) is 0 Å². The Kier molecular flexibility index (Phi) is 2.25. The molecule has 1 aromatic carbocycles. The summed E-state index contributed by atoms with van der Waals surface area (Å²) in [7, 11) is 1.55. The molecule has 0 spiro atoms. The standard InChI is InChI=1S/C9H7BrN2O2/c1-12-9(13)14-8(11-12)6-4-2-3-5-7(6)10/h2-5H,1H3. The molecule has 14 heavy (non-hydrogen) atoms. The molecule has 0 aliphatic heterocycles. The van der Waals surface area contributed by atoms with Crippen molar-refractivity contribution in [3.05, 3.63) is 39.3 Å². The number of rotatable bonds is 1. The third-order valence-corrected chi connectivity index (χ3v) is 2.48. The molecule has 1 heterocycles. The summed E-state index contributed by atoms with van der Waals surface area (Å²) in [4.78, 5) is 11.0. The van der Waals surface area contributed by atoms with Crippen LogP contribution in [0.3, 0.4) is 0 Å². The minimum absolute atomic E-state index is 0.324. The van der Waals surface area contributed by atoms with E-state index in [0.717, 1.165) is 14.7 Å². The first-order valence-electron chi connectivity index (χ1n) is 3.97. The van der Waals surface area contributed by atoms with Crippen LogP contribution in [0.5, 0.6) is 0 Å². The van der Waals surface area contributed by atoms with Crippen LogP contribution in [0.4, 0.5) is 0 Å². The molecule has 1 aromatic heterocycles. The van der Waals surface area contributed by atoms with Crippen molar-refractivity contribution in [2.75, 3.05) is 0 Å². The maximum atomic E-state index is 11.0. The molecule has 0 aliphatic rings. The molecule has 4 nitrogen and oxygen atoms in total. The topological polar surface area (TPSA) is 48.0 Å². The Morgan fingerprint density at radius 1 is 1.43 bits per heavy atom. The lowest BCUT2D eigenvalue weighted by Crippen LogP contribution is -2.09. The molecule has 5 heteroatoms. The van der Waals surface area contributed by atoms with Crippen LogP contribution < -0.4 is 5.76 Å². The lowest BCUT2D eigenvalue weighted by Gasteiger charge is -1.96. The van der Waals surface area contributed by atoms with Crippen molar-refractivity contribution in [2.45, 2.75) is 0 Å². The highest BCUT2D eigenvalue weighted by molar-refractivity contribution is 9.10. The molecule has 0 unspecified atom stereocenters. The summed E-state index contributed by atoms with van der Waals surface area (Å²) >= 11 is 3.36. The number of hydrogen-bond acceptors (Lipinski definition) is 3. The van der Waals surface area contributed by atoms with Crippen LogP contribution in [-0.2, 0) is 7.05 Å². The first kappa shape index (κ1) is 9.21. The quantitative estimate of drug-likeness (QED) is 0.780. The molecule has 72 valence electrons. The highest BCUT2D eigenvalue weighted by Gasteiger charge is 2.09. The molecule has 0 fully saturated rings. The molecule has 0 N–H and O–H groups in total. The second-order valence-corrected chi connectivity index (χ2v) is 3.63. The smallest absolute Gasteiger partial charge is 0.388 e. The number of halogens is 1. The number of aromatic nitrogens is 2. The SMILES string of the molecule is Cn1nc(-c2ccccc2Br)oc1=O. The average Bonchev–Trinajstić information content (AvgIpc) is 2.48. The predicted octanol–water partition coefficient (Wildman–Crippen LogP) is 1.80. The highest BCUT2D eigenvalue weighted by atomic mass is 79.9. The van der Waals surface area contributed by atoms with Crippen LogP contribution in [-0.4, -0.2) is 9.78 Å². The van der Waals surface area contributed by atoms with E-state index in [1.807, 2.05) is 24.3 Å². The molecular weight excluding hydrogens is 248 g/mol. The monoisotopic (exact) mass is 254 g/mol. The summed E-state index contributed by atoms with van der Waals surface area (Å²) in [6.07, 6.45) is 0. The van der Waals surface area contributed by atoms with Crippen LogP contribution in [0.1, 0.15) is 0 Å².